The summed E-state index contributed by atoms with van der Waals surface area (Å²) >= 11 is 0. The largest absolute Gasteiger partial charge is 0.492 e. The normalized spacial score (nSPS) is 16.8. The summed E-state index contributed by atoms with van der Waals surface area (Å²) in [5.41, 5.74) is 5.09. The Morgan fingerprint density at radius 3 is 2.89 bits per heavy atom. The second-order valence-electron chi connectivity index (χ2n) is 9.33. The summed E-state index contributed by atoms with van der Waals surface area (Å²) < 4.78 is 37.1. The first-order valence-electron chi connectivity index (χ1n) is 12.3. The number of anilines is 1. The van der Waals surface area contributed by atoms with Gasteiger partial charge in [0.05, 0.1) is 24.6 Å². The molecule has 8 nitrogen and oxygen atoms in total. The van der Waals surface area contributed by atoms with Crippen LogP contribution < -0.4 is 19.1 Å². The molecule has 1 unspecified atom stereocenters. The molecule has 0 radical (unpaired) electrons. The van der Waals surface area contributed by atoms with E-state index in [1.807, 2.05) is 6.07 Å². The van der Waals surface area contributed by atoms with Crippen molar-refractivity contribution in [3.8, 4) is 11.5 Å². The molecule has 5 rings (SSSR count). The fourth-order valence-corrected chi connectivity index (χ4v) is 5.92. The number of hydrogen-bond donors (Lipinski definition) is 3. The number of aromatic nitrogens is 1. The Balaban J connectivity index is 1.15. The number of fused-ring (bicyclic) bond motifs is 4. The zero-order valence-corrected chi connectivity index (χ0v) is 20.9. The molecular weight excluding hydrogens is 466 g/mol. The number of sulfonamides is 1. The van der Waals surface area contributed by atoms with Gasteiger partial charge in [0.1, 0.15) is 24.7 Å². The summed E-state index contributed by atoms with van der Waals surface area (Å²) in [5, 5.41) is 15.1. The van der Waals surface area contributed by atoms with Crippen LogP contribution in [-0.2, 0) is 22.9 Å². The number of H-pyrrole nitrogens is 1. The van der Waals surface area contributed by atoms with Gasteiger partial charge >= 0.3 is 0 Å². The van der Waals surface area contributed by atoms with Crippen LogP contribution in [0.2, 0.25) is 0 Å². The molecule has 1 atom stereocenters. The third-order valence-corrected chi connectivity index (χ3v) is 7.97. The monoisotopic (exact) mass is 499 g/mol. The van der Waals surface area contributed by atoms with Crippen LogP contribution in [0.25, 0.3) is 10.9 Å². The van der Waals surface area contributed by atoms with Crippen LogP contribution in [0.1, 0.15) is 42.2 Å². The quantitative estimate of drug-likeness (QED) is 0.325. The molecule has 2 aliphatic rings. The molecule has 0 amide bonds. The summed E-state index contributed by atoms with van der Waals surface area (Å²) in [6, 6.07) is 11.4. The van der Waals surface area contributed by atoms with E-state index in [9.17, 15) is 13.5 Å². The summed E-state index contributed by atoms with van der Waals surface area (Å²) in [6.07, 6.45) is 6.40. The second-order valence-corrected chi connectivity index (χ2v) is 11.2. The number of nitrogens with one attached hydrogen (secondary N) is 2. The number of aliphatic hydroxyl groups excluding tert-OH is 1. The highest BCUT2D eigenvalue weighted by Crippen LogP contribution is 2.35. The predicted octanol–water partition coefficient (Wildman–Crippen LogP) is 3.30. The van der Waals surface area contributed by atoms with Crippen molar-refractivity contribution >= 4 is 26.6 Å². The lowest BCUT2D eigenvalue weighted by Gasteiger charge is -2.30. The Bertz CT molecular complexity index is 1300. The fraction of sp³-hybridized carbons (Fsp3) is 0.462. The van der Waals surface area contributed by atoms with Gasteiger partial charge in [-0.2, -0.15) is 0 Å². The van der Waals surface area contributed by atoms with Crippen LogP contribution in [0.5, 0.6) is 11.5 Å². The minimum atomic E-state index is -3.41. The molecule has 35 heavy (non-hydrogen) atoms. The first kappa shape index (κ1) is 24.0. The number of hydrogen-bond acceptors (Lipinski definition) is 6. The Morgan fingerprint density at radius 2 is 2.03 bits per heavy atom. The van der Waals surface area contributed by atoms with Crippen LogP contribution in [0, 0.1) is 0 Å². The highest BCUT2D eigenvalue weighted by atomic mass is 32.2. The lowest BCUT2D eigenvalue weighted by Crippen LogP contribution is -2.37. The Labute approximate surface area is 206 Å². The van der Waals surface area contributed by atoms with E-state index in [1.54, 1.807) is 18.2 Å². The molecule has 0 spiro atoms. The summed E-state index contributed by atoms with van der Waals surface area (Å²) in [4.78, 5) is 3.58. The van der Waals surface area contributed by atoms with Gasteiger partial charge in [0.2, 0.25) is 10.0 Å². The average molecular weight is 500 g/mol. The van der Waals surface area contributed by atoms with Crippen molar-refractivity contribution in [2.45, 2.75) is 38.2 Å². The molecule has 188 valence electrons. The van der Waals surface area contributed by atoms with Crippen molar-refractivity contribution < 1.29 is 23.0 Å². The van der Waals surface area contributed by atoms with Gasteiger partial charge in [-0.05, 0) is 67.1 Å². The van der Waals surface area contributed by atoms with Gasteiger partial charge in [-0.3, -0.25) is 4.31 Å². The third-order valence-electron chi connectivity index (χ3n) is 6.79. The van der Waals surface area contributed by atoms with Crippen molar-refractivity contribution in [3.63, 3.8) is 0 Å². The van der Waals surface area contributed by atoms with Gasteiger partial charge in [0, 0.05) is 29.7 Å². The molecule has 1 aliphatic heterocycles. The van der Waals surface area contributed by atoms with E-state index in [4.69, 9.17) is 9.47 Å². The van der Waals surface area contributed by atoms with E-state index in [-0.39, 0.29) is 6.54 Å². The zero-order chi connectivity index (χ0) is 24.4. The summed E-state index contributed by atoms with van der Waals surface area (Å²) in [6.45, 7) is 1.95. The maximum atomic E-state index is 12.1. The number of nitrogens with zero attached hydrogens (tertiary/aromatic N) is 1. The molecule has 3 aromatic rings. The maximum Gasteiger partial charge on any atom is 0.232 e. The van der Waals surface area contributed by atoms with E-state index >= 15 is 0 Å². The molecule has 2 heterocycles. The molecule has 0 saturated heterocycles. The Hall–Kier alpha value is -2.75. The SMILES string of the molecule is CS(=O)(=O)N1CCOc2ccc(C(O)CNCCOc3ccc4[nH]c5c(c4c3)CCCCC5)cc21. The van der Waals surface area contributed by atoms with Crippen molar-refractivity contribution in [2.24, 2.45) is 0 Å². The van der Waals surface area contributed by atoms with Gasteiger partial charge < -0.3 is 24.9 Å². The van der Waals surface area contributed by atoms with E-state index in [1.165, 1.54) is 52.0 Å². The van der Waals surface area contributed by atoms with Gasteiger partial charge in [-0.1, -0.05) is 12.5 Å². The molecule has 3 N–H and O–H groups in total. The van der Waals surface area contributed by atoms with Crippen molar-refractivity contribution in [2.75, 3.05) is 43.4 Å². The molecule has 0 fully saturated rings. The fourth-order valence-electron chi connectivity index (χ4n) is 5.01. The Kier molecular flexibility index (Phi) is 6.91. The van der Waals surface area contributed by atoms with E-state index in [0.29, 0.717) is 43.3 Å². The summed E-state index contributed by atoms with van der Waals surface area (Å²) in [5.74, 6) is 1.36. The van der Waals surface area contributed by atoms with Gasteiger partial charge in [0.25, 0.3) is 0 Å². The van der Waals surface area contributed by atoms with Crippen molar-refractivity contribution in [3.05, 3.63) is 53.2 Å². The first-order valence-corrected chi connectivity index (χ1v) is 14.1. The minimum Gasteiger partial charge on any atom is -0.492 e. The average Bonchev–Trinajstić information content (AvgIpc) is 3.02. The van der Waals surface area contributed by atoms with E-state index in [2.05, 4.69) is 22.4 Å². The third kappa shape index (κ3) is 5.27. The summed E-state index contributed by atoms with van der Waals surface area (Å²) in [7, 11) is -3.41. The molecule has 0 saturated carbocycles. The molecule has 9 heteroatoms. The molecular formula is C26H33N3O5S. The van der Waals surface area contributed by atoms with Gasteiger partial charge in [-0.15, -0.1) is 0 Å². The predicted molar refractivity (Wildman–Crippen MR) is 137 cm³/mol. The lowest BCUT2D eigenvalue weighted by atomic mass is 10.1. The number of aryl methyl sites for hydroxylation is 2. The Morgan fingerprint density at radius 1 is 1.17 bits per heavy atom. The van der Waals surface area contributed by atoms with Crippen LogP contribution in [-0.4, -0.2) is 57.6 Å². The number of rotatable bonds is 8. The highest BCUT2D eigenvalue weighted by molar-refractivity contribution is 7.92. The van der Waals surface area contributed by atoms with Gasteiger partial charge in [0.15, 0.2) is 0 Å². The van der Waals surface area contributed by atoms with E-state index in [0.717, 1.165) is 18.6 Å². The number of benzene rings is 2. The number of aromatic amines is 1. The molecule has 1 aliphatic carbocycles. The lowest BCUT2D eigenvalue weighted by molar-refractivity contribution is 0.172. The zero-order valence-electron chi connectivity index (χ0n) is 20.0. The smallest absolute Gasteiger partial charge is 0.232 e. The molecule has 0 bridgehead atoms. The maximum absolute atomic E-state index is 12.1. The second kappa shape index (κ2) is 10.1. The highest BCUT2D eigenvalue weighted by Gasteiger charge is 2.26. The standard InChI is InChI=1S/C26H33N3O5S/c1-35(31,32)29-12-14-34-26-10-7-18(15-24(26)29)25(30)17-27-11-13-33-19-8-9-23-21(16-19)20-5-3-2-4-6-22(20)28-23/h7-10,15-16,25,27-28,30H,2-6,11-14,17H2,1H3. The molecule has 1 aromatic heterocycles. The number of aliphatic hydroxyl groups is 1. The van der Waals surface area contributed by atoms with Crippen molar-refractivity contribution in [1.82, 2.24) is 10.3 Å². The van der Waals surface area contributed by atoms with E-state index < -0.39 is 16.1 Å². The topological polar surface area (TPSA) is 104 Å². The van der Waals surface area contributed by atoms with Crippen molar-refractivity contribution in [1.29, 1.82) is 0 Å². The van der Waals surface area contributed by atoms with Gasteiger partial charge in [-0.25, -0.2) is 8.42 Å². The van der Waals surface area contributed by atoms with Crippen LogP contribution in [0.3, 0.4) is 0 Å². The van der Waals surface area contributed by atoms with Crippen LogP contribution in [0.15, 0.2) is 36.4 Å². The van der Waals surface area contributed by atoms with Crippen LogP contribution in [0.4, 0.5) is 5.69 Å². The number of ether oxygens (including phenoxy) is 2. The first-order chi connectivity index (χ1) is 16.9. The molecule has 2 aromatic carbocycles. The minimum absolute atomic E-state index is 0.262. The van der Waals surface area contributed by atoms with Crippen LogP contribution >= 0.6 is 0 Å².